The Morgan fingerprint density at radius 3 is 2.45 bits per heavy atom. The third-order valence-corrected chi connectivity index (χ3v) is 6.91. The summed E-state index contributed by atoms with van der Waals surface area (Å²) in [6.45, 7) is 0.333. The quantitative estimate of drug-likeness (QED) is 0.541. The molecule has 1 N–H and O–H groups in total. The third kappa shape index (κ3) is 4.84. The molecule has 1 atom stereocenters. The number of hydrogen-bond acceptors (Lipinski definition) is 4. The predicted molar refractivity (Wildman–Crippen MR) is 131 cm³/mol. The third-order valence-electron chi connectivity index (χ3n) is 5.28. The van der Waals surface area contributed by atoms with E-state index in [0.717, 1.165) is 11.3 Å². The molecule has 4 rings (SSSR count). The Balaban J connectivity index is 1.58. The maximum absolute atomic E-state index is 13.2. The first-order valence-electron chi connectivity index (χ1n) is 10.1. The normalized spacial score (nSPS) is 16.5. The van der Waals surface area contributed by atoms with Gasteiger partial charge in [0.25, 0.3) is 5.91 Å². The zero-order chi connectivity index (χ0) is 23.5. The van der Waals surface area contributed by atoms with Crippen LogP contribution in [0, 0.1) is 0 Å². The van der Waals surface area contributed by atoms with Gasteiger partial charge in [-0.2, -0.15) is 0 Å². The molecule has 3 aromatic carbocycles. The molecule has 0 saturated carbocycles. The Labute approximate surface area is 199 Å². The predicted octanol–water partition coefficient (Wildman–Crippen LogP) is 4.62. The number of halogens is 1. The highest BCUT2D eigenvalue weighted by molar-refractivity contribution is 7.91. The number of amides is 1. The number of nitrogens with zero attached hydrogens (tertiary/aromatic N) is 1. The van der Waals surface area contributed by atoms with E-state index in [0.29, 0.717) is 33.9 Å². The molecule has 1 aliphatic heterocycles. The molecule has 0 aliphatic carbocycles. The van der Waals surface area contributed by atoms with Crippen LogP contribution in [0.4, 0.5) is 5.69 Å². The Bertz CT molecular complexity index is 1270. The van der Waals surface area contributed by atoms with Crippen molar-refractivity contribution in [1.29, 1.82) is 0 Å². The second kappa shape index (κ2) is 9.60. The molecule has 8 heteroatoms. The van der Waals surface area contributed by atoms with Gasteiger partial charge in [-0.25, -0.2) is 4.21 Å². The van der Waals surface area contributed by atoms with E-state index >= 15 is 0 Å². The largest absolute Gasteiger partial charge is 0.497 e. The van der Waals surface area contributed by atoms with Crippen molar-refractivity contribution in [2.24, 2.45) is 0 Å². The minimum Gasteiger partial charge on any atom is -0.497 e. The molecule has 0 fully saturated rings. The molecule has 33 heavy (non-hydrogen) atoms. The number of carbonyl (C=O) groups is 2. The van der Waals surface area contributed by atoms with Crippen LogP contribution in [0.25, 0.3) is 6.08 Å². The Morgan fingerprint density at radius 2 is 1.79 bits per heavy atom. The molecule has 0 bridgehead atoms. The summed E-state index contributed by atoms with van der Waals surface area (Å²) in [5, 5.41) is 3.43. The summed E-state index contributed by atoms with van der Waals surface area (Å²) in [5.74, 6) is 0.0578. The zero-order valence-corrected chi connectivity index (χ0v) is 19.6. The number of Topliss-reactive ketones (excluding diaryl/α,β-unsaturated/α-hetero) is 1. The van der Waals surface area contributed by atoms with Crippen LogP contribution in [0.1, 0.15) is 31.8 Å². The van der Waals surface area contributed by atoms with Gasteiger partial charge in [0.1, 0.15) is 10.7 Å². The van der Waals surface area contributed by atoms with E-state index in [1.807, 2.05) is 24.3 Å². The summed E-state index contributed by atoms with van der Waals surface area (Å²) in [4.78, 5) is 26.1. The second-order valence-corrected chi connectivity index (χ2v) is 9.32. The number of anilines is 1. The number of allylic oxidation sites excluding steroid dienone is 1. The van der Waals surface area contributed by atoms with Gasteiger partial charge in [-0.1, -0.05) is 35.9 Å². The number of benzene rings is 3. The van der Waals surface area contributed by atoms with E-state index in [1.54, 1.807) is 62.7 Å². The molecule has 0 saturated heterocycles. The first-order chi connectivity index (χ1) is 15.9. The van der Waals surface area contributed by atoms with Crippen molar-refractivity contribution < 1.29 is 18.5 Å². The van der Waals surface area contributed by atoms with Crippen molar-refractivity contribution in [2.75, 3.05) is 18.5 Å². The molecule has 0 aromatic heterocycles. The first-order valence-corrected chi connectivity index (χ1v) is 11.6. The van der Waals surface area contributed by atoms with Gasteiger partial charge >= 0.3 is 0 Å². The van der Waals surface area contributed by atoms with Crippen molar-refractivity contribution in [2.45, 2.75) is 6.54 Å². The summed E-state index contributed by atoms with van der Waals surface area (Å²) in [6, 6.07) is 19.1. The number of methoxy groups -OCH3 is 1. The van der Waals surface area contributed by atoms with Gasteiger partial charge in [0.05, 0.1) is 12.8 Å². The van der Waals surface area contributed by atoms with Crippen LogP contribution in [0.3, 0.4) is 0 Å². The molecule has 1 unspecified atom stereocenters. The monoisotopic (exact) mass is 480 g/mol. The van der Waals surface area contributed by atoms with Gasteiger partial charge in [0.2, 0.25) is 5.78 Å². The van der Waals surface area contributed by atoms with E-state index in [-0.39, 0.29) is 16.6 Å². The molecule has 1 amide bonds. The molecule has 3 aromatic rings. The smallest absolute Gasteiger partial charge is 0.251 e. The van der Waals surface area contributed by atoms with Crippen LogP contribution >= 0.6 is 11.6 Å². The van der Waals surface area contributed by atoms with Crippen molar-refractivity contribution >= 4 is 46.0 Å². The summed E-state index contributed by atoms with van der Waals surface area (Å²) in [7, 11) is 1.58. The molecule has 6 nitrogen and oxygen atoms in total. The Hall–Kier alpha value is -3.42. The maximum Gasteiger partial charge on any atom is 0.251 e. The summed E-state index contributed by atoms with van der Waals surface area (Å²) in [6.07, 6.45) is 1.59. The van der Waals surface area contributed by atoms with Gasteiger partial charge < -0.3 is 10.1 Å². The average Bonchev–Trinajstić information content (AvgIpc) is 2.85. The lowest BCUT2D eigenvalue weighted by atomic mass is 10.0. The number of fused-ring (bicyclic) bond motifs is 1. The number of nitrogens with one attached hydrogen (secondary N) is 1. The Morgan fingerprint density at radius 1 is 1.09 bits per heavy atom. The highest BCUT2D eigenvalue weighted by atomic mass is 35.5. The number of hydrogen-bond donors (Lipinski definition) is 1. The summed E-state index contributed by atoms with van der Waals surface area (Å²) < 4.78 is 19.6. The summed E-state index contributed by atoms with van der Waals surface area (Å²) in [5.41, 5.74) is 2.82. The number of ketones is 1. The molecule has 0 radical (unpaired) electrons. The molecular formula is C25H21ClN2O4S. The highest BCUT2D eigenvalue weighted by Gasteiger charge is 2.32. The highest BCUT2D eigenvalue weighted by Crippen LogP contribution is 2.33. The fraction of sp³-hybridized carbons (Fsp3) is 0.120. The Kier molecular flexibility index (Phi) is 6.62. The minimum absolute atomic E-state index is 0.142. The van der Waals surface area contributed by atoms with Gasteiger partial charge in [0, 0.05) is 29.7 Å². The number of carbonyl (C=O) groups excluding carboxylic acids is 2. The molecule has 168 valence electrons. The lowest BCUT2D eigenvalue weighted by Gasteiger charge is -2.27. The molecule has 0 spiro atoms. The molecule has 1 aliphatic rings. The van der Waals surface area contributed by atoms with Gasteiger partial charge in [-0.05, 0) is 59.7 Å². The lowest BCUT2D eigenvalue weighted by molar-refractivity contribution is 0.0951. The lowest BCUT2D eigenvalue weighted by Crippen LogP contribution is -2.32. The van der Waals surface area contributed by atoms with Gasteiger partial charge in [-0.3, -0.25) is 13.9 Å². The van der Waals surface area contributed by atoms with Crippen LogP contribution < -0.4 is 14.4 Å². The van der Waals surface area contributed by atoms with Crippen LogP contribution in [0.15, 0.2) is 71.6 Å². The fourth-order valence-electron chi connectivity index (χ4n) is 3.44. The number of rotatable bonds is 5. The first kappa shape index (κ1) is 22.8. The number of ether oxygens (including phenoxy) is 1. The van der Waals surface area contributed by atoms with Crippen molar-refractivity contribution in [1.82, 2.24) is 5.32 Å². The zero-order valence-electron chi connectivity index (χ0n) is 18.0. The van der Waals surface area contributed by atoms with E-state index in [9.17, 15) is 13.8 Å². The van der Waals surface area contributed by atoms with Crippen molar-refractivity contribution in [3.05, 3.63) is 98.9 Å². The van der Waals surface area contributed by atoms with Crippen LogP contribution in [-0.4, -0.2) is 30.1 Å². The van der Waals surface area contributed by atoms with E-state index in [2.05, 4.69) is 5.32 Å². The topological polar surface area (TPSA) is 75.7 Å². The molecular weight excluding hydrogens is 460 g/mol. The average molecular weight is 481 g/mol. The summed E-state index contributed by atoms with van der Waals surface area (Å²) >= 11 is 5.93. The molecule has 1 heterocycles. The minimum atomic E-state index is -1.67. The SMILES string of the molecule is COc1ccc(CNC(=O)c2ccc3c(c2)C(=O)/C(=C\c2ccc(Cl)cc2)S(=O)N3C)cc1. The van der Waals surface area contributed by atoms with E-state index in [1.165, 1.54) is 4.31 Å². The van der Waals surface area contributed by atoms with E-state index in [4.69, 9.17) is 16.3 Å². The maximum atomic E-state index is 13.2. The van der Waals surface area contributed by atoms with Crippen molar-refractivity contribution in [3.63, 3.8) is 0 Å². The van der Waals surface area contributed by atoms with Crippen LogP contribution in [-0.2, 0) is 17.5 Å². The van der Waals surface area contributed by atoms with Crippen LogP contribution in [0.5, 0.6) is 5.75 Å². The van der Waals surface area contributed by atoms with Gasteiger partial charge in [-0.15, -0.1) is 0 Å². The van der Waals surface area contributed by atoms with Gasteiger partial charge in [0.15, 0.2) is 11.0 Å². The standard InChI is InChI=1S/C25H21ClN2O4S/c1-28-22-12-7-18(25(30)27-15-17-5-10-20(32-2)11-6-17)14-21(22)24(29)23(33(28)31)13-16-3-8-19(26)9-4-16/h3-14H,15H2,1-2H3,(H,27,30)/b23-13+. The van der Waals surface area contributed by atoms with E-state index < -0.39 is 11.0 Å². The van der Waals surface area contributed by atoms with Crippen LogP contribution in [0.2, 0.25) is 5.02 Å². The fourth-order valence-corrected chi connectivity index (χ4v) is 4.70. The van der Waals surface area contributed by atoms with Crippen molar-refractivity contribution in [3.8, 4) is 5.75 Å². The second-order valence-electron chi connectivity index (χ2n) is 7.40.